The number of rotatable bonds is 8. The molecule has 0 aromatic heterocycles. The molecule has 5 heteroatoms. The number of hydrogen-bond acceptors (Lipinski definition) is 4. The van der Waals surface area contributed by atoms with Gasteiger partial charge in [-0.3, -0.25) is 4.79 Å². The van der Waals surface area contributed by atoms with Gasteiger partial charge < -0.3 is 16.2 Å². The van der Waals surface area contributed by atoms with E-state index in [0.717, 1.165) is 0 Å². The fraction of sp³-hybridized carbons (Fsp3) is 0.909. The van der Waals surface area contributed by atoms with Crippen LogP contribution in [0.5, 0.6) is 0 Å². The van der Waals surface area contributed by atoms with Crippen molar-refractivity contribution < 1.29 is 9.90 Å². The highest BCUT2D eigenvalue weighted by molar-refractivity contribution is 7.99. The van der Waals surface area contributed by atoms with Crippen LogP contribution in [-0.4, -0.2) is 40.2 Å². The molecule has 0 aliphatic carbocycles. The first-order chi connectivity index (χ1) is 7.31. The lowest BCUT2D eigenvalue weighted by atomic mass is 9.94. The minimum absolute atomic E-state index is 0.167. The minimum Gasteiger partial charge on any atom is -0.396 e. The van der Waals surface area contributed by atoms with Gasteiger partial charge in [0.05, 0.1) is 12.1 Å². The molecule has 0 aliphatic rings. The van der Waals surface area contributed by atoms with Crippen LogP contribution < -0.4 is 11.1 Å². The highest BCUT2D eigenvalue weighted by atomic mass is 32.2. The van der Waals surface area contributed by atoms with Gasteiger partial charge >= 0.3 is 0 Å². The Labute approximate surface area is 102 Å². The summed E-state index contributed by atoms with van der Waals surface area (Å²) in [6.45, 7) is 8.04. The molecule has 16 heavy (non-hydrogen) atoms. The van der Waals surface area contributed by atoms with E-state index in [1.54, 1.807) is 11.8 Å². The fourth-order valence-electron chi connectivity index (χ4n) is 1.76. The molecule has 2 unspecified atom stereocenters. The van der Waals surface area contributed by atoms with Gasteiger partial charge in [0.1, 0.15) is 0 Å². The van der Waals surface area contributed by atoms with Gasteiger partial charge in [0.25, 0.3) is 0 Å². The van der Waals surface area contributed by atoms with Crippen LogP contribution in [0.3, 0.4) is 0 Å². The summed E-state index contributed by atoms with van der Waals surface area (Å²) in [6, 6.07) is 0.215. The summed E-state index contributed by atoms with van der Waals surface area (Å²) < 4.78 is 0. The molecular formula is C11H24N2O2S. The van der Waals surface area contributed by atoms with Gasteiger partial charge in [-0.2, -0.15) is 11.8 Å². The van der Waals surface area contributed by atoms with Gasteiger partial charge in [-0.05, 0) is 27.2 Å². The van der Waals surface area contributed by atoms with Gasteiger partial charge in [0.2, 0.25) is 5.91 Å². The topological polar surface area (TPSA) is 75.3 Å². The Kier molecular flexibility index (Phi) is 7.03. The molecule has 0 aliphatic heterocycles. The van der Waals surface area contributed by atoms with E-state index in [9.17, 15) is 4.79 Å². The molecule has 4 N–H and O–H groups in total. The van der Waals surface area contributed by atoms with Crippen LogP contribution in [0.15, 0.2) is 0 Å². The summed E-state index contributed by atoms with van der Waals surface area (Å²) in [6.07, 6.45) is 0.672. The molecule has 0 radical (unpaired) electrons. The lowest BCUT2D eigenvalue weighted by Gasteiger charge is -2.32. The summed E-state index contributed by atoms with van der Waals surface area (Å²) in [4.78, 5) is 11.5. The first-order valence-electron chi connectivity index (χ1n) is 5.62. The van der Waals surface area contributed by atoms with Crippen LogP contribution in [0.1, 0.15) is 34.1 Å². The van der Waals surface area contributed by atoms with Crippen molar-refractivity contribution in [3.63, 3.8) is 0 Å². The van der Waals surface area contributed by atoms with Crippen molar-refractivity contribution in [1.29, 1.82) is 0 Å². The molecule has 0 rings (SSSR count). The van der Waals surface area contributed by atoms with Crippen molar-refractivity contribution in [3.8, 4) is 0 Å². The number of nitrogens with two attached hydrogens (primary N) is 1. The number of hydrogen-bond donors (Lipinski definition) is 3. The molecule has 4 nitrogen and oxygen atoms in total. The molecule has 0 heterocycles. The molecule has 0 spiro atoms. The predicted molar refractivity (Wildman–Crippen MR) is 69.5 cm³/mol. The number of primary amides is 1. The maximum Gasteiger partial charge on any atom is 0.237 e. The van der Waals surface area contributed by atoms with E-state index in [1.165, 1.54) is 0 Å². The number of thioether (sulfide) groups is 1. The summed E-state index contributed by atoms with van der Waals surface area (Å²) in [5.41, 5.74) is 4.77. The maximum absolute atomic E-state index is 11.5. The molecule has 96 valence electrons. The number of aliphatic hydroxyl groups is 1. The Morgan fingerprint density at radius 3 is 2.44 bits per heavy atom. The molecule has 0 fully saturated rings. The molecular weight excluding hydrogens is 224 g/mol. The van der Waals surface area contributed by atoms with Crippen molar-refractivity contribution in [1.82, 2.24) is 5.32 Å². The summed E-state index contributed by atoms with van der Waals surface area (Å²) in [7, 11) is 0. The quantitative estimate of drug-likeness (QED) is 0.592. The van der Waals surface area contributed by atoms with E-state index in [0.29, 0.717) is 12.2 Å². The highest BCUT2D eigenvalue weighted by Crippen LogP contribution is 2.22. The molecule has 0 saturated heterocycles. The van der Waals surface area contributed by atoms with Gasteiger partial charge in [0, 0.05) is 17.0 Å². The van der Waals surface area contributed by atoms with E-state index >= 15 is 0 Å². The normalized spacial score (nSPS) is 17.1. The molecule has 0 aromatic rings. The standard InChI is InChI=1S/C11H24N2O2S/c1-8(2)13-11(4,10(12)15)7-9(3)16-6-5-14/h8-9,13-14H,5-7H2,1-4H3,(H2,12,15). The van der Waals surface area contributed by atoms with E-state index in [1.807, 2.05) is 27.7 Å². The van der Waals surface area contributed by atoms with Crippen LogP contribution >= 0.6 is 11.8 Å². The van der Waals surface area contributed by atoms with Crippen LogP contribution in [-0.2, 0) is 4.79 Å². The van der Waals surface area contributed by atoms with Crippen molar-refractivity contribution in [2.45, 2.75) is 50.9 Å². The van der Waals surface area contributed by atoms with E-state index < -0.39 is 5.54 Å². The second-order valence-electron chi connectivity index (χ2n) is 4.60. The Balaban J connectivity index is 4.37. The van der Waals surface area contributed by atoms with E-state index in [4.69, 9.17) is 10.8 Å². The molecule has 0 saturated carbocycles. The van der Waals surface area contributed by atoms with E-state index in [2.05, 4.69) is 5.32 Å². The Hall–Kier alpha value is -0.260. The Morgan fingerprint density at radius 2 is 2.06 bits per heavy atom. The number of carbonyl (C=O) groups is 1. The zero-order valence-electron chi connectivity index (χ0n) is 10.6. The van der Waals surface area contributed by atoms with Gasteiger partial charge in [-0.15, -0.1) is 0 Å². The predicted octanol–water partition coefficient (Wildman–Crippen LogP) is 0.733. The smallest absolute Gasteiger partial charge is 0.237 e. The number of carbonyl (C=O) groups excluding carboxylic acids is 1. The minimum atomic E-state index is -0.671. The largest absolute Gasteiger partial charge is 0.396 e. The lowest BCUT2D eigenvalue weighted by Crippen LogP contribution is -2.56. The van der Waals surface area contributed by atoms with Crippen LogP contribution in [0, 0.1) is 0 Å². The first-order valence-corrected chi connectivity index (χ1v) is 6.66. The average Bonchev–Trinajstić information content (AvgIpc) is 2.12. The third kappa shape index (κ3) is 5.72. The Morgan fingerprint density at radius 1 is 1.50 bits per heavy atom. The molecule has 0 bridgehead atoms. The summed E-state index contributed by atoms with van der Waals surface area (Å²) >= 11 is 1.65. The molecule has 0 aromatic carbocycles. The maximum atomic E-state index is 11.5. The molecule has 1 amide bonds. The van der Waals surface area contributed by atoms with Crippen molar-refractivity contribution in [2.24, 2.45) is 5.73 Å². The number of nitrogens with one attached hydrogen (secondary N) is 1. The van der Waals surface area contributed by atoms with Crippen molar-refractivity contribution in [2.75, 3.05) is 12.4 Å². The zero-order valence-corrected chi connectivity index (χ0v) is 11.4. The SMILES string of the molecule is CC(C)NC(C)(CC(C)SCCO)C(N)=O. The first kappa shape index (κ1) is 15.7. The van der Waals surface area contributed by atoms with E-state index in [-0.39, 0.29) is 23.8 Å². The lowest BCUT2D eigenvalue weighted by molar-refractivity contribution is -0.124. The number of aliphatic hydroxyl groups excluding tert-OH is 1. The second kappa shape index (κ2) is 7.14. The number of amides is 1. The van der Waals surface area contributed by atoms with Gasteiger partial charge in [-0.1, -0.05) is 6.92 Å². The molecule has 2 atom stereocenters. The third-order valence-electron chi connectivity index (χ3n) is 2.34. The van der Waals surface area contributed by atoms with Crippen LogP contribution in [0.4, 0.5) is 0 Å². The monoisotopic (exact) mass is 248 g/mol. The average molecular weight is 248 g/mol. The van der Waals surface area contributed by atoms with Crippen LogP contribution in [0.2, 0.25) is 0 Å². The fourth-order valence-corrected chi connectivity index (χ4v) is 2.71. The highest BCUT2D eigenvalue weighted by Gasteiger charge is 2.33. The summed E-state index contributed by atoms with van der Waals surface area (Å²) in [5, 5.41) is 12.2. The van der Waals surface area contributed by atoms with Gasteiger partial charge in [-0.25, -0.2) is 0 Å². The third-order valence-corrected chi connectivity index (χ3v) is 3.49. The van der Waals surface area contributed by atoms with Crippen molar-refractivity contribution >= 4 is 17.7 Å². The zero-order chi connectivity index (χ0) is 12.8. The summed E-state index contributed by atoms with van der Waals surface area (Å²) in [5.74, 6) is 0.371. The second-order valence-corrected chi connectivity index (χ2v) is 6.15. The van der Waals surface area contributed by atoms with Gasteiger partial charge in [0.15, 0.2) is 0 Å². The Bertz CT molecular complexity index is 224. The van der Waals surface area contributed by atoms with Crippen molar-refractivity contribution in [3.05, 3.63) is 0 Å². The van der Waals surface area contributed by atoms with Crippen LogP contribution in [0.25, 0.3) is 0 Å².